The van der Waals surface area contributed by atoms with Gasteiger partial charge in [-0.3, -0.25) is 0 Å². The van der Waals surface area contributed by atoms with Gasteiger partial charge in [-0.05, 0) is 30.7 Å². The molecule has 0 radical (unpaired) electrons. The highest BCUT2D eigenvalue weighted by molar-refractivity contribution is 5.81. The average Bonchev–Trinajstić information content (AvgIpc) is 2.79. The van der Waals surface area contributed by atoms with Crippen molar-refractivity contribution in [2.24, 2.45) is 0 Å². The van der Waals surface area contributed by atoms with Gasteiger partial charge in [-0.15, -0.1) is 0 Å². The van der Waals surface area contributed by atoms with Crippen LogP contribution in [-0.2, 0) is 6.54 Å². The molecule has 0 amide bonds. The van der Waals surface area contributed by atoms with Gasteiger partial charge in [0.1, 0.15) is 11.3 Å². The zero-order valence-electron chi connectivity index (χ0n) is 10.9. The zero-order valence-corrected chi connectivity index (χ0v) is 10.9. The molecule has 0 atom stereocenters. The topological polar surface area (TPSA) is 56.7 Å². The van der Waals surface area contributed by atoms with Gasteiger partial charge >= 0.3 is 0 Å². The maximum atomic E-state index is 6.07. The maximum absolute atomic E-state index is 6.07. The van der Waals surface area contributed by atoms with Crippen molar-refractivity contribution in [3.05, 3.63) is 42.6 Å². The van der Waals surface area contributed by atoms with Crippen LogP contribution in [0.1, 0.15) is 13.3 Å². The summed E-state index contributed by atoms with van der Waals surface area (Å²) < 4.78 is 2.14. The molecule has 3 rings (SSSR count). The summed E-state index contributed by atoms with van der Waals surface area (Å²) >= 11 is 0. The molecule has 0 saturated carbocycles. The minimum absolute atomic E-state index is 0.746. The number of rotatable bonds is 3. The van der Waals surface area contributed by atoms with E-state index in [0.29, 0.717) is 0 Å². The van der Waals surface area contributed by atoms with Crippen LogP contribution in [0.4, 0.5) is 5.69 Å². The molecule has 0 bridgehead atoms. The predicted octanol–water partition coefficient (Wildman–Crippen LogP) is 3.09. The minimum atomic E-state index is 0.746. The van der Waals surface area contributed by atoms with Crippen molar-refractivity contribution >= 4 is 16.9 Å². The Labute approximate surface area is 111 Å². The monoisotopic (exact) mass is 252 g/mol. The van der Waals surface area contributed by atoms with Crippen LogP contribution in [0.3, 0.4) is 0 Å². The third kappa shape index (κ3) is 1.95. The lowest BCUT2D eigenvalue weighted by atomic mass is 10.1. The number of benzene rings is 1. The number of fused-ring (bicyclic) bond motifs is 1. The molecule has 2 N–H and O–H groups in total. The van der Waals surface area contributed by atoms with Crippen LogP contribution in [0, 0.1) is 0 Å². The Morgan fingerprint density at radius 3 is 2.79 bits per heavy atom. The van der Waals surface area contributed by atoms with Crippen LogP contribution in [0.15, 0.2) is 42.6 Å². The Balaban J connectivity index is 2.28. The highest BCUT2D eigenvalue weighted by Crippen LogP contribution is 2.28. The minimum Gasteiger partial charge on any atom is -0.398 e. The normalized spacial score (nSPS) is 11.0. The average molecular weight is 252 g/mol. The first-order valence-corrected chi connectivity index (χ1v) is 6.47. The standard InChI is InChI=1S/C15H16N4/c1-2-10-19-14(11-6-3-4-7-12(11)16)18-13-8-5-9-17-15(13)19/h3-9H,2,10,16H2,1H3. The molecular weight excluding hydrogens is 236 g/mol. The van der Waals surface area contributed by atoms with E-state index in [1.165, 1.54) is 0 Å². The summed E-state index contributed by atoms with van der Waals surface area (Å²) in [5.41, 5.74) is 9.61. The SMILES string of the molecule is CCCn1c(-c2ccccc2N)nc2cccnc21. The number of anilines is 1. The van der Waals surface area contributed by atoms with E-state index < -0.39 is 0 Å². The first kappa shape index (κ1) is 11.7. The van der Waals surface area contributed by atoms with E-state index in [-0.39, 0.29) is 0 Å². The van der Waals surface area contributed by atoms with Crippen LogP contribution in [-0.4, -0.2) is 14.5 Å². The Kier molecular flexibility index (Phi) is 2.91. The summed E-state index contributed by atoms with van der Waals surface area (Å²) in [4.78, 5) is 9.12. The molecule has 96 valence electrons. The molecule has 3 aromatic rings. The Hall–Kier alpha value is -2.36. The van der Waals surface area contributed by atoms with E-state index in [1.807, 2.05) is 36.4 Å². The molecule has 4 nitrogen and oxygen atoms in total. The molecule has 0 fully saturated rings. The fourth-order valence-corrected chi connectivity index (χ4v) is 2.30. The van der Waals surface area contributed by atoms with E-state index in [9.17, 15) is 0 Å². The Bertz CT molecular complexity index is 715. The van der Waals surface area contributed by atoms with Crippen molar-refractivity contribution in [2.45, 2.75) is 19.9 Å². The summed E-state index contributed by atoms with van der Waals surface area (Å²) in [5, 5.41) is 0. The number of nitrogens with zero attached hydrogens (tertiary/aromatic N) is 3. The molecule has 1 aromatic carbocycles. The molecule has 19 heavy (non-hydrogen) atoms. The lowest BCUT2D eigenvalue weighted by Crippen LogP contribution is -2.02. The molecule has 0 aliphatic carbocycles. The number of hydrogen-bond acceptors (Lipinski definition) is 3. The third-order valence-electron chi connectivity index (χ3n) is 3.15. The number of hydrogen-bond donors (Lipinski definition) is 1. The smallest absolute Gasteiger partial charge is 0.160 e. The lowest BCUT2D eigenvalue weighted by Gasteiger charge is -2.08. The van der Waals surface area contributed by atoms with Crippen LogP contribution in [0.25, 0.3) is 22.6 Å². The molecular formula is C15H16N4. The molecule has 2 heterocycles. The van der Waals surface area contributed by atoms with Crippen LogP contribution in [0.2, 0.25) is 0 Å². The van der Waals surface area contributed by atoms with Crippen molar-refractivity contribution in [2.75, 3.05) is 5.73 Å². The van der Waals surface area contributed by atoms with Gasteiger partial charge in [-0.25, -0.2) is 9.97 Å². The number of imidazole rings is 1. The highest BCUT2D eigenvalue weighted by atomic mass is 15.1. The number of nitrogens with two attached hydrogens (primary N) is 1. The van der Waals surface area contributed by atoms with E-state index in [2.05, 4.69) is 21.5 Å². The molecule has 2 aromatic heterocycles. The summed E-state index contributed by atoms with van der Waals surface area (Å²) in [6.45, 7) is 3.03. The fraction of sp³-hybridized carbons (Fsp3) is 0.200. The van der Waals surface area contributed by atoms with Crippen LogP contribution in [0.5, 0.6) is 0 Å². The van der Waals surface area contributed by atoms with Crippen molar-refractivity contribution in [3.63, 3.8) is 0 Å². The lowest BCUT2D eigenvalue weighted by molar-refractivity contribution is 0.698. The number of aryl methyl sites for hydroxylation is 1. The van der Waals surface area contributed by atoms with Crippen molar-refractivity contribution in [3.8, 4) is 11.4 Å². The van der Waals surface area contributed by atoms with Crippen molar-refractivity contribution in [1.82, 2.24) is 14.5 Å². The first-order chi connectivity index (χ1) is 9.31. The van der Waals surface area contributed by atoms with Gasteiger partial charge in [-0.2, -0.15) is 0 Å². The summed E-state index contributed by atoms with van der Waals surface area (Å²) in [5.74, 6) is 0.897. The molecule has 0 aliphatic rings. The van der Waals surface area contributed by atoms with E-state index in [4.69, 9.17) is 5.73 Å². The third-order valence-corrected chi connectivity index (χ3v) is 3.15. The van der Waals surface area contributed by atoms with Gasteiger partial charge < -0.3 is 10.3 Å². The quantitative estimate of drug-likeness (QED) is 0.729. The number of aromatic nitrogens is 3. The van der Waals surface area contributed by atoms with E-state index in [1.54, 1.807) is 6.20 Å². The van der Waals surface area contributed by atoms with Gasteiger partial charge in [0.15, 0.2) is 5.65 Å². The molecule has 0 saturated heterocycles. The first-order valence-electron chi connectivity index (χ1n) is 6.47. The number of para-hydroxylation sites is 1. The number of pyridine rings is 1. The Morgan fingerprint density at radius 2 is 2.00 bits per heavy atom. The van der Waals surface area contributed by atoms with Gasteiger partial charge in [-0.1, -0.05) is 19.1 Å². The zero-order chi connectivity index (χ0) is 13.2. The molecule has 4 heteroatoms. The second-order valence-corrected chi connectivity index (χ2v) is 4.52. The van der Waals surface area contributed by atoms with E-state index in [0.717, 1.165) is 41.2 Å². The second-order valence-electron chi connectivity index (χ2n) is 4.52. The molecule has 0 spiro atoms. The summed E-state index contributed by atoms with van der Waals surface area (Å²) in [6, 6.07) is 11.7. The van der Waals surface area contributed by atoms with E-state index >= 15 is 0 Å². The van der Waals surface area contributed by atoms with Gasteiger partial charge in [0.25, 0.3) is 0 Å². The van der Waals surface area contributed by atoms with Gasteiger partial charge in [0.2, 0.25) is 0 Å². The summed E-state index contributed by atoms with van der Waals surface area (Å²) in [6.07, 6.45) is 2.83. The maximum Gasteiger partial charge on any atom is 0.160 e. The largest absolute Gasteiger partial charge is 0.398 e. The molecule has 0 unspecified atom stereocenters. The molecule has 0 aliphatic heterocycles. The van der Waals surface area contributed by atoms with Gasteiger partial charge in [0.05, 0.1) is 0 Å². The summed E-state index contributed by atoms with van der Waals surface area (Å²) in [7, 11) is 0. The fourth-order valence-electron chi connectivity index (χ4n) is 2.30. The predicted molar refractivity (Wildman–Crippen MR) is 77.7 cm³/mol. The number of nitrogen functional groups attached to an aromatic ring is 1. The highest BCUT2D eigenvalue weighted by Gasteiger charge is 2.14. The Morgan fingerprint density at radius 1 is 1.16 bits per heavy atom. The van der Waals surface area contributed by atoms with Gasteiger partial charge in [0, 0.05) is 24.0 Å². The van der Waals surface area contributed by atoms with Crippen molar-refractivity contribution < 1.29 is 0 Å². The van der Waals surface area contributed by atoms with Crippen LogP contribution < -0.4 is 5.73 Å². The second kappa shape index (κ2) is 4.72. The van der Waals surface area contributed by atoms with Crippen LogP contribution >= 0.6 is 0 Å². The van der Waals surface area contributed by atoms with Crippen molar-refractivity contribution in [1.29, 1.82) is 0 Å².